The highest BCUT2D eigenvalue weighted by Crippen LogP contribution is 2.23. The highest BCUT2D eigenvalue weighted by atomic mass is 79.9. The molecule has 0 saturated carbocycles. The fourth-order valence-electron chi connectivity index (χ4n) is 1.67. The molecule has 2 aromatic rings. The summed E-state index contributed by atoms with van der Waals surface area (Å²) < 4.78 is 14.7. The summed E-state index contributed by atoms with van der Waals surface area (Å²) >= 11 is 3.33. The average molecular weight is 324 g/mol. The number of benzene rings is 2. The highest BCUT2D eigenvalue weighted by molar-refractivity contribution is 9.10. The van der Waals surface area contributed by atoms with Gasteiger partial charge in [-0.2, -0.15) is 0 Å². The van der Waals surface area contributed by atoms with Crippen molar-refractivity contribution in [2.24, 2.45) is 0 Å². The normalized spacial score (nSPS) is 10.2. The van der Waals surface area contributed by atoms with Gasteiger partial charge in [0.1, 0.15) is 5.82 Å². The van der Waals surface area contributed by atoms with Gasteiger partial charge in [0, 0.05) is 10.2 Å². The lowest BCUT2D eigenvalue weighted by Crippen LogP contribution is -2.01. The Morgan fingerprint density at radius 2 is 2.05 bits per heavy atom. The lowest BCUT2D eigenvalue weighted by molar-refractivity contribution is -0.136. The van der Waals surface area contributed by atoms with E-state index in [1.54, 1.807) is 6.07 Å². The molecule has 0 aromatic heterocycles. The van der Waals surface area contributed by atoms with Crippen molar-refractivity contribution in [2.75, 3.05) is 5.32 Å². The molecule has 0 radical (unpaired) electrons. The van der Waals surface area contributed by atoms with Gasteiger partial charge in [-0.1, -0.05) is 28.1 Å². The van der Waals surface area contributed by atoms with Crippen molar-refractivity contribution < 1.29 is 14.3 Å². The van der Waals surface area contributed by atoms with Gasteiger partial charge in [0.25, 0.3) is 0 Å². The van der Waals surface area contributed by atoms with Crippen molar-refractivity contribution in [3.05, 3.63) is 58.3 Å². The highest BCUT2D eigenvalue weighted by Gasteiger charge is 2.06. The molecule has 0 aliphatic rings. The van der Waals surface area contributed by atoms with E-state index in [0.29, 0.717) is 11.3 Å². The molecule has 3 nitrogen and oxygen atoms in total. The van der Waals surface area contributed by atoms with Crippen LogP contribution in [-0.2, 0) is 11.2 Å². The molecule has 0 aliphatic heterocycles. The number of halogens is 2. The van der Waals surface area contributed by atoms with Crippen molar-refractivity contribution in [3.8, 4) is 0 Å². The van der Waals surface area contributed by atoms with Crippen LogP contribution in [0.3, 0.4) is 0 Å². The standard InChI is InChI=1S/C14H11BrFNO2/c15-10-2-1-3-11(8-10)17-13-5-4-9(6-12(13)16)7-14(18)19/h1-6,8,17H,7H2,(H,18,19). The van der Waals surface area contributed by atoms with Crippen LogP contribution < -0.4 is 5.32 Å². The fraction of sp³-hybridized carbons (Fsp3) is 0.0714. The first-order valence-corrected chi connectivity index (χ1v) is 6.37. The minimum Gasteiger partial charge on any atom is -0.481 e. The van der Waals surface area contributed by atoms with E-state index >= 15 is 0 Å². The predicted molar refractivity (Wildman–Crippen MR) is 75.2 cm³/mol. The minimum absolute atomic E-state index is 0.186. The van der Waals surface area contributed by atoms with Crippen molar-refractivity contribution in [2.45, 2.75) is 6.42 Å². The van der Waals surface area contributed by atoms with Gasteiger partial charge in [0.2, 0.25) is 0 Å². The number of carboxylic acid groups (broad SMARTS) is 1. The summed E-state index contributed by atoms with van der Waals surface area (Å²) in [7, 11) is 0. The summed E-state index contributed by atoms with van der Waals surface area (Å²) in [5, 5.41) is 11.6. The van der Waals surface area contributed by atoms with Crippen LogP contribution in [0, 0.1) is 5.82 Å². The Kier molecular flexibility index (Phi) is 4.16. The van der Waals surface area contributed by atoms with Crippen LogP contribution >= 0.6 is 15.9 Å². The zero-order valence-corrected chi connectivity index (χ0v) is 11.4. The molecular weight excluding hydrogens is 313 g/mol. The maximum atomic E-state index is 13.8. The zero-order chi connectivity index (χ0) is 13.8. The molecule has 0 aliphatic carbocycles. The SMILES string of the molecule is O=C(O)Cc1ccc(Nc2cccc(Br)c2)c(F)c1. The molecule has 0 atom stereocenters. The molecule has 0 bridgehead atoms. The van der Waals surface area contributed by atoms with Crippen LogP contribution in [0.15, 0.2) is 46.9 Å². The Bertz CT molecular complexity index is 616. The number of anilines is 2. The van der Waals surface area contributed by atoms with E-state index in [4.69, 9.17) is 5.11 Å². The molecule has 98 valence electrons. The van der Waals surface area contributed by atoms with Crippen molar-refractivity contribution in [1.82, 2.24) is 0 Å². The third kappa shape index (κ3) is 3.79. The van der Waals surface area contributed by atoms with Gasteiger partial charge in [-0.15, -0.1) is 0 Å². The van der Waals surface area contributed by atoms with Crippen molar-refractivity contribution in [3.63, 3.8) is 0 Å². The molecule has 2 rings (SSSR count). The first-order valence-electron chi connectivity index (χ1n) is 5.57. The number of carbonyl (C=O) groups is 1. The first-order chi connectivity index (χ1) is 9.04. The lowest BCUT2D eigenvalue weighted by Gasteiger charge is -2.09. The molecule has 19 heavy (non-hydrogen) atoms. The van der Waals surface area contributed by atoms with Gasteiger partial charge in [0.05, 0.1) is 12.1 Å². The van der Waals surface area contributed by atoms with Crippen LogP contribution in [0.5, 0.6) is 0 Å². The summed E-state index contributed by atoms with van der Waals surface area (Å²) in [6.07, 6.45) is -0.186. The Balaban J connectivity index is 2.19. The van der Waals surface area contributed by atoms with E-state index < -0.39 is 11.8 Å². The molecule has 0 heterocycles. The quantitative estimate of drug-likeness (QED) is 0.895. The Morgan fingerprint density at radius 3 is 2.68 bits per heavy atom. The van der Waals surface area contributed by atoms with Crippen molar-refractivity contribution >= 4 is 33.3 Å². The molecule has 0 unspecified atom stereocenters. The van der Waals surface area contributed by atoms with Gasteiger partial charge >= 0.3 is 5.97 Å². The van der Waals surface area contributed by atoms with Crippen LogP contribution in [0.2, 0.25) is 0 Å². The van der Waals surface area contributed by atoms with E-state index in [9.17, 15) is 9.18 Å². The van der Waals surface area contributed by atoms with Gasteiger partial charge in [-0.05, 0) is 35.9 Å². The van der Waals surface area contributed by atoms with Crippen LogP contribution in [0.1, 0.15) is 5.56 Å². The predicted octanol–water partition coefficient (Wildman–Crippen LogP) is 3.96. The van der Waals surface area contributed by atoms with Crippen molar-refractivity contribution in [1.29, 1.82) is 0 Å². The fourth-order valence-corrected chi connectivity index (χ4v) is 2.07. The molecule has 0 spiro atoms. The van der Waals surface area contributed by atoms with Gasteiger partial charge in [-0.3, -0.25) is 4.79 Å². The number of rotatable bonds is 4. The van der Waals surface area contributed by atoms with Gasteiger partial charge in [0.15, 0.2) is 0 Å². The number of nitrogens with one attached hydrogen (secondary N) is 1. The minimum atomic E-state index is -0.980. The second-order valence-electron chi connectivity index (χ2n) is 4.02. The average Bonchev–Trinajstić information content (AvgIpc) is 2.32. The Morgan fingerprint density at radius 1 is 1.26 bits per heavy atom. The van der Waals surface area contributed by atoms with Gasteiger partial charge < -0.3 is 10.4 Å². The summed E-state index contributed by atoms with van der Waals surface area (Å²) in [6, 6.07) is 11.7. The second-order valence-corrected chi connectivity index (χ2v) is 4.94. The molecule has 2 N–H and O–H groups in total. The largest absolute Gasteiger partial charge is 0.481 e. The van der Waals surface area contributed by atoms with Crippen LogP contribution in [0.4, 0.5) is 15.8 Å². The molecule has 0 fully saturated rings. The molecule has 5 heteroatoms. The molecule has 0 amide bonds. The monoisotopic (exact) mass is 323 g/mol. The third-order valence-electron chi connectivity index (χ3n) is 2.49. The van der Waals surface area contributed by atoms with Crippen LogP contribution in [0.25, 0.3) is 0 Å². The first kappa shape index (κ1) is 13.5. The maximum Gasteiger partial charge on any atom is 0.307 e. The number of hydrogen-bond acceptors (Lipinski definition) is 2. The Hall–Kier alpha value is -1.88. The zero-order valence-electron chi connectivity index (χ0n) is 9.86. The molecule has 2 aromatic carbocycles. The summed E-state index contributed by atoms with van der Waals surface area (Å²) in [5.41, 5.74) is 1.50. The second kappa shape index (κ2) is 5.84. The number of carboxylic acids is 1. The van der Waals surface area contributed by atoms with Crippen LogP contribution in [-0.4, -0.2) is 11.1 Å². The van der Waals surface area contributed by atoms with E-state index in [0.717, 1.165) is 10.2 Å². The van der Waals surface area contributed by atoms with E-state index in [1.165, 1.54) is 12.1 Å². The lowest BCUT2D eigenvalue weighted by atomic mass is 10.1. The Labute approximate surface area is 118 Å². The molecular formula is C14H11BrFNO2. The number of hydrogen-bond donors (Lipinski definition) is 2. The molecule has 0 saturated heterocycles. The summed E-state index contributed by atoms with van der Waals surface area (Å²) in [5.74, 6) is -1.45. The maximum absolute atomic E-state index is 13.8. The van der Waals surface area contributed by atoms with E-state index in [2.05, 4.69) is 21.2 Å². The third-order valence-corrected chi connectivity index (χ3v) is 2.99. The smallest absolute Gasteiger partial charge is 0.307 e. The summed E-state index contributed by atoms with van der Waals surface area (Å²) in [6.45, 7) is 0. The van der Waals surface area contributed by atoms with E-state index in [-0.39, 0.29) is 6.42 Å². The van der Waals surface area contributed by atoms with Gasteiger partial charge in [-0.25, -0.2) is 4.39 Å². The number of aliphatic carboxylic acids is 1. The van der Waals surface area contributed by atoms with E-state index in [1.807, 2.05) is 24.3 Å². The summed E-state index contributed by atoms with van der Waals surface area (Å²) in [4.78, 5) is 10.6. The topological polar surface area (TPSA) is 49.3 Å².